The number of hydrogen-bond acceptors (Lipinski definition) is 3. The summed E-state index contributed by atoms with van der Waals surface area (Å²) in [4.78, 5) is 2.66. The van der Waals surface area contributed by atoms with Crippen LogP contribution in [0.15, 0.2) is 40.3 Å². The zero-order valence-corrected chi connectivity index (χ0v) is 13.7. The lowest BCUT2D eigenvalue weighted by atomic mass is 9.76. The van der Waals surface area contributed by atoms with Crippen molar-refractivity contribution in [3.63, 3.8) is 0 Å². The minimum Gasteiger partial charge on any atom is -0.200 e. The van der Waals surface area contributed by atoms with E-state index in [1.54, 1.807) is 30.3 Å². The van der Waals surface area contributed by atoms with Gasteiger partial charge in [0.05, 0.1) is 4.90 Å². The van der Waals surface area contributed by atoms with Crippen LogP contribution >= 0.6 is 0 Å². The fourth-order valence-electron chi connectivity index (χ4n) is 2.86. The molecule has 1 fully saturated rings. The van der Waals surface area contributed by atoms with Gasteiger partial charge in [0.15, 0.2) is 0 Å². The van der Waals surface area contributed by atoms with Crippen LogP contribution < -0.4 is 4.83 Å². The second-order valence-electron chi connectivity index (χ2n) is 6.25. The minimum atomic E-state index is -3.56. The normalized spacial score (nSPS) is 25.2. The Hall–Kier alpha value is -1.36. The van der Waals surface area contributed by atoms with Crippen LogP contribution in [0.2, 0.25) is 0 Å². The third-order valence-electron chi connectivity index (χ3n) is 4.12. The van der Waals surface area contributed by atoms with Crippen molar-refractivity contribution < 1.29 is 8.42 Å². The van der Waals surface area contributed by atoms with Crippen molar-refractivity contribution in [2.45, 2.75) is 44.9 Å². The van der Waals surface area contributed by atoms with Gasteiger partial charge in [-0.15, -0.1) is 0 Å². The summed E-state index contributed by atoms with van der Waals surface area (Å²) >= 11 is 0. The zero-order valence-electron chi connectivity index (χ0n) is 12.9. The molecule has 0 aromatic heterocycles. The monoisotopic (exact) mass is 308 g/mol. The predicted molar refractivity (Wildman–Crippen MR) is 85.5 cm³/mol. The van der Waals surface area contributed by atoms with Crippen molar-refractivity contribution in [1.82, 2.24) is 4.83 Å². The quantitative estimate of drug-likeness (QED) is 0.867. The van der Waals surface area contributed by atoms with Crippen molar-refractivity contribution in [3.05, 3.63) is 30.3 Å². The summed E-state index contributed by atoms with van der Waals surface area (Å²) in [5, 5.41) is 4.26. The van der Waals surface area contributed by atoms with Gasteiger partial charge in [0.25, 0.3) is 10.0 Å². The molecule has 1 N–H and O–H groups in total. The van der Waals surface area contributed by atoms with Crippen LogP contribution in [0.4, 0.5) is 0 Å². The molecule has 4 nitrogen and oxygen atoms in total. The highest BCUT2D eigenvalue weighted by molar-refractivity contribution is 7.89. The molecule has 0 amide bonds. The molecular formula is C16H24N2O2S. The molecule has 0 aliphatic heterocycles. The molecule has 1 aromatic rings. The predicted octanol–water partition coefficient (Wildman–Crippen LogP) is 3.41. The Labute approximate surface area is 127 Å². The molecule has 2 atom stereocenters. The van der Waals surface area contributed by atoms with E-state index in [0.29, 0.717) is 17.8 Å². The standard InChI is InChI=1S/C16H24N2O2S/c1-12(2)15-10-9-13(3)11-16(15)17-18-21(19,20)14-7-5-4-6-8-14/h4-8,12-13,15,18H,9-11H2,1-3H3/b17-16-/t13-,15+/m1/s1. The van der Waals surface area contributed by atoms with Crippen molar-refractivity contribution in [3.8, 4) is 0 Å². The van der Waals surface area contributed by atoms with E-state index in [1.807, 2.05) is 0 Å². The SMILES string of the molecule is CC(C)[C@@H]1CC[C@@H](C)C/C1=N/NS(=O)(=O)c1ccccc1. The lowest BCUT2D eigenvalue weighted by Crippen LogP contribution is -2.31. The van der Waals surface area contributed by atoms with Crippen molar-refractivity contribution >= 4 is 15.7 Å². The largest absolute Gasteiger partial charge is 0.276 e. The Morgan fingerprint density at radius 1 is 1.19 bits per heavy atom. The molecule has 0 bridgehead atoms. The zero-order chi connectivity index (χ0) is 15.5. The molecule has 0 saturated heterocycles. The first kappa shape index (κ1) is 16.0. The Bertz CT molecular complexity index is 594. The lowest BCUT2D eigenvalue weighted by Gasteiger charge is -2.30. The average molecular weight is 308 g/mol. The van der Waals surface area contributed by atoms with E-state index in [2.05, 4.69) is 30.7 Å². The number of benzene rings is 1. The third kappa shape index (κ3) is 4.06. The molecule has 1 aliphatic rings. The van der Waals surface area contributed by atoms with Gasteiger partial charge in [-0.2, -0.15) is 13.5 Å². The number of sulfonamides is 1. The summed E-state index contributed by atoms with van der Waals surface area (Å²) in [5.74, 6) is 1.43. The molecule has 5 heteroatoms. The van der Waals surface area contributed by atoms with Gasteiger partial charge in [0, 0.05) is 11.6 Å². The van der Waals surface area contributed by atoms with Gasteiger partial charge < -0.3 is 0 Å². The van der Waals surface area contributed by atoms with Gasteiger partial charge in [0.1, 0.15) is 0 Å². The van der Waals surface area contributed by atoms with Crippen LogP contribution in [-0.2, 0) is 10.0 Å². The van der Waals surface area contributed by atoms with E-state index in [0.717, 1.165) is 18.6 Å². The van der Waals surface area contributed by atoms with Crippen molar-refractivity contribution in [1.29, 1.82) is 0 Å². The molecule has 0 heterocycles. The van der Waals surface area contributed by atoms with Gasteiger partial charge in [-0.1, -0.05) is 39.0 Å². The molecule has 1 aromatic carbocycles. The highest BCUT2D eigenvalue weighted by Gasteiger charge is 2.27. The summed E-state index contributed by atoms with van der Waals surface area (Å²) in [7, 11) is -3.56. The molecule has 1 aliphatic carbocycles. The van der Waals surface area contributed by atoms with Gasteiger partial charge in [-0.3, -0.25) is 0 Å². The fraction of sp³-hybridized carbons (Fsp3) is 0.562. The maximum absolute atomic E-state index is 12.2. The Balaban J connectivity index is 2.18. The van der Waals surface area contributed by atoms with E-state index < -0.39 is 10.0 Å². The first-order valence-corrected chi connectivity index (χ1v) is 9.01. The van der Waals surface area contributed by atoms with Crippen LogP contribution in [0.1, 0.15) is 40.0 Å². The topological polar surface area (TPSA) is 58.5 Å². The summed E-state index contributed by atoms with van der Waals surface area (Å²) in [6.45, 7) is 6.53. The number of nitrogens with one attached hydrogen (secondary N) is 1. The molecule has 0 radical (unpaired) electrons. The van der Waals surface area contributed by atoms with Crippen LogP contribution in [0.25, 0.3) is 0 Å². The van der Waals surface area contributed by atoms with E-state index >= 15 is 0 Å². The summed E-state index contributed by atoms with van der Waals surface area (Å²) in [6.07, 6.45) is 3.15. The number of nitrogens with zero attached hydrogens (tertiary/aromatic N) is 1. The maximum Gasteiger partial charge on any atom is 0.276 e. The summed E-state index contributed by atoms with van der Waals surface area (Å²) < 4.78 is 24.4. The second kappa shape index (κ2) is 6.60. The molecule has 0 spiro atoms. The van der Waals surface area contributed by atoms with Gasteiger partial charge in [-0.25, -0.2) is 4.83 Å². The fourth-order valence-corrected chi connectivity index (χ4v) is 3.72. The van der Waals surface area contributed by atoms with Crippen molar-refractivity contribution in [2.24, 2.45) is 22.9 Å². The molecule has 1 saturated carbocycles. The summed E-state index contributed by atoms with van der Waals surface area (Å²) in [6, 6.07) is 8.36. The first-order chi connectivity index (χ1) is 9.90. The van der Waals surface area contributed by atoms with E-state index in [4.69, 9.17) is 0 Å². The number of hydrogen-bond donors (Lipinski definition) is 1. The van der Waals surface area contributed by atoms with Crippen LogP contribution in [0, 0.1) is 17.8 Å². The van der Waals surface area contributed by atoms with E-state index in [1.165, 1.54) is 6.42 Å². The highest BCUT2D eigenvalue weighted by atomic mass is 32.2. The highest BCUT2D eigenvalue weighted by Crippen LogP contribution is 2.31. The van der Waals surface area contributed by atoms with E-state index in [-0.39, 0.29) is 4.90 Å². The first-order valence-electron chi connectivity index (χ1n) is 7.53. The number of rotatable bonds is 4. The van der Waals surface area contributed by atoms with Crippen LogP contribution in [-0.4, -0.2) is 14.1 Å². The third-order valence-corrected chi connectivity index (χ3v) is 5.35. The van der Waals surface area contributed by atoms with Gasteiger partial charge in [0.2, 0.25) is 0 Å². The van der Waals surface area contributed by atoms with Crippen LogP contribution in [0.5, 0.6) is 0 Å². The molecule has 116 valence electrons. The molecular weight excluding hydrogens is 284 g/mol. The number of hydrazone groups is 1. The van der Waals surface area contributed by atoms with E-state index in [9.17, 15) is 8.42 Å². The van der Waals surface area contributed by atoms with Crippen molar-refractivity contribution in [2.75, 3.05) is 0 Å². The summed E-state index contributed by atoms with van der Waals surface area (Å²) in [5.41, 5.74) is 0.989. The van der Waals surface area contributed by atoms with Crippen LogP contribution in [0.3, 0.4) is 0 Å². The second-order valence-corrected chi connectivity index (χ2v) is 7.91. The minimum absolute atomic E-state index is 0.249. The molecule has 0 unspecified atom stereocenters. The van der Waals surface area contributed by atoms with Gasteiger partial charge >= 0.3 is 0 Å². The Morgan fingerprint density at radius 3 is 2.48 bits per heavy atom. The lowest BCUT2D eigenvalue weighted by molar-refractivity contribution is 0.363. The maximum atomic E-state index is 12.2. The average Bonchev–Trinajstić information content (AvgIpc) is 2.46. The Morgan fingerprint density at radius 2 is 1.86 bits per heavy atom. The smallest absolute Gasteiger partial charge is 0.200 e. The molecule has 2 rings (SSSR count). The Kier molecular flexibility index (Phi) is 5.04. The van der Waals surface area contributed by atoms with Gasteiger partial charge in [-0.05, 0) is 43.2 Å². The molecule has 21 heavy (non-hydrogen) atoms.